The zero-order valence-corrected chi connectivity index (χ0v) is 17.9. The van der Waals surface area contributed by atoms with E-state index >= 15 is 0 Å². The first-order valence-electron chi connectivity index (χ1n) is 9.07. The number of benzene rings is 1. The molecule has 0 radical (unpaired) electrons. The highest BCUT2D eigenvalue weighted by atomic mass is 32.2. The molecule has 164 valence electrons. The SMILES string of the molecule is CCOC(=O)CSc1nnc(NC(=O)CCCn2c(=O)oc3cc([N+](=O)[O-])ccc32)s1. The van der Waals surface area contributed by atoms with Gasteiger partial charge in [-0.1, -0.05) is 23.1 Å². The van der Waals surface area contributed by atoms with Crippen LogP contribution in [0.5, 0.6) is 0 Å². The second-order valence-electron chi connectivity index (χ2n) is 6.05. The molecule has 31 heavy (non-hydrogen) atoms. The number of fused-ring (bicyclic) bond motifs is 1. The van der Waals surface area contributed by atoms with Crippen LogP contribution in [0.1, 0.15) is 19.8 Å². The molecule has 0 spiro atoms. The van der Waals surface area contributed by atoms with Gasteiger partial charge in [-0.3, -0.25) is 24.3 Å². The van der Waals surface area contributed by atoms with Gasteiger partial charge < -0.3 is 14.5 Å². The van der Waals surface area contributed by atoms with E-state index in [1.54, 1.807) is 6.92 Å². The van der Waals surface area contributed by atoms with Crippen molar-refractivity contribution in [3.63, 3.8) is 0 Å². The third-order valence-corrected chi connectivity index (χ3v) is 5.87. The summed E-state index contributed by atoms with van der Waals surface area (Å²) in [5.74, 6) is -1.21. The molecule has 1 amide bonds. The Balaban J connectivity index is 1.51. The number of non-ortho nitro benzene ring substituents is 1. The molecule has 12 nitrogen and oxygen atoms in total. The summed E-state index contributed by atoms with van der Waals surface area (Å²) in [6.07, 6.45) is 0.442. The summed E-state index contributed by atoms with van der Waals surface area (Å²) >= 11 is 2.30. The Bertz CT molecular complexity index is 1170. The fraction of sp³-hybridized carbons (Fsp3) is 0.353. The number of esters is 1. The molecule has 0 atom stereocenters. The van der Waals surface area contributed by atoms with Gasteiger partial charge in [-0.2, -0.15) is 0 Å². The predicted molar refractivity (Wildman–Crippen MR) is 112 cm³/mol. The van der Waals surface area contributed by atoms with E-state index < -0.39 is 10.7 Å². The number of nitrogens with zero attached hydrogens (tertiary/aromatic N) is 4. The number of amides is 1. The first kappa shape index (κ1) is 22.4. The van der Waals surface area contributed by atoms with Crippen LogP contribution in [0.4, 0.5) is 10.8 Å². The van der Waals surface area contributed by atoms with Gasteiger partial charge in [-0.05, 0) is 19.4 Å². The molecule has 2 heterocycles. The van der Waals surface area contributed by atoms with Crippen molar-refractivity contribution in [2.45, 2.75) is 30.6 Å². The maximum Gasteiger partial charge on any atom is 0.419 e. The van der Waals surface area contributed by atoms with Crippen molar-refractivity contribution >= 4 is 56.9 Å². The fourth-order valence-electron chi connectivity index (χ4n) is 2.60. The predicted octanol–water partition coefficient (Wildman–Crippen LogP) is 2.43. The number of carbonyl (C=O) groups excluding carboxylic acids is 2. The van der Waals surface area contributed by atoms with Gasteiger partial charge in [0.1, 0.15) is 0 Å². The van der Waals surface area contributed by atoms with E-state index in [4.69, 9.17) is 9.15 Å². The van der Waals surface area contributed by atoms with Crippen molar-refractivity contribution in [1.82, 2.24) is 14.8 Å². The van der Waals surface area contributed by atoms with Crippen molar-refractivity contribution in [2.24, 2.45) is 0 Å². The molecular weight excluding hydrogens is 450 g/mol. The number of anilines is 1. The highest BCUT2D eigenvalue weighted by molar-refractivity contribution is 8.01. The third kappa shape index (κ3) is 5.88. The van der Waals surface area contributed by atoms with Crippen LogP contribution in [-0.2, 0) is 20.9 Å². The number of nitrogens with one attached hydrogen (secondary N) is 1. The van der Waals surface area contributed by atoms with Gasteiger partial charge in [0.15, 0.2) is 9.92 Å². The Morgan fingerprint density at radius 1 is 1.39 bits per heavy atom. The summed E-state index contributed by atoms with van der Waals surface area (Å²) in [6.45, 7) is 2.23. The molecule has 0 saturated carbocycles. The number of hydrogen-bond donors (Lipinski definition) is 1. The molecule has 0 fully saturated rings. The number of aromatic nitrogens is 3. The van der Waals surface area contributed by atoms with E-state index in [9.17, 15) is 24.5 Å². The maximum absolute atomic E-state index is 12.1. The normalized spacial score (nSPS) is 10.9. The van der Waals surface area contributed by atoms with Crippen LogP contribution in [0.2, 0.25) is 0 Å². The summed E-state index contributed by atoms with van der Waals surface area (Å²) in [7, 11) is 0. The van der Waals surface area contributed by atoms with E-state index in [1.165, 1.54) is 34.5 Å². The van der Waals surface area contributed by atoms with Crippen molar-refractivity contribution in [3.05, 3.63) is 38.9 Å². The number of carbonyl (C=O) groups is 2. The van der Waals surface area contributed by atoms with Crippen molar-refractivity contribution in [1.29, 1.82) is 0 Å². The molecule has 0 aliphatic carbocycles. The zero-order chi connectivity index (χ0) is 22.4. The Morgan fingerprint density at radius 2 is 2.19 bits per heavy atom. The van der Waals surface area contributed by atoms with Gasteiger partial charge in [-0.15, -0.1) is 10.2 Å². The summed E-state index contributed by atoms with van der Waals surface area (Å²) in [6, 6.07) is 3.91. The number of oxazole rings is 1. The van der Waals surface area contributed by atoms with E-state index in [0.29, 0.717) is 28.0 Å². The number of nitro benzene ring substituents is 1. The van der Waals surface area contributed by atoms with E-state index in [0.717, 1.165) is 11.3 Å². The summed E-state index contributed by atoms with van der Waals surface area (Å²) < 4.78 is 11.7. The van der Waals surface area contributed by atoms with E-state index in [1.807, 2.05) is 0 Å². The number of rotatable bonds is 10. The molecule has 1 N–H and O–H groups in total. The lowest BCUT2D eigenvalue weighted by molar-refractivity contribution is -0.384. The van der Waals surface area contributed by atoms with Crippen molar-refractivity contribution in [3.8, 4) is 0 Å². The molecule has 14 heteroatoms. The van der Waals surface area contributed by atoms with Crippen LogP contribution < -0.4 is 11.1 Å². The monoisotopic (exact) mass is 467 g/mol. The Hall–Kier alpha value is -3.26. The second-order valence-corrected chi connectivity index (χ2v) is 8.25. The average Bonchev–Trinajstić information content (AvgIpc) is 3.29. The minimum Gasteiger partial charge on any atom is -0.465 e. The largest absolute Gasteiger partial charge is 0.465 e. The molecular formula is C17H17N5O7S2. The highest BCUT2D eigenvalue weighted by Crippen LogP contribution is 2.25. The van der Waals surface area contributed by atoms with Crippen molar-refractivity contribution < 1.29 is 23.7 Å². The van der Waals surface area contributed by atoms with E-state index in [2.05, 4.69) is 15.5 Å². The minimum atomic E-state index is -0.650. The third-order valence-electron chi connectivity index (χ3n) is 3.92. The van der Waals surface area contributed by atoms with Crippen LogP contribution >= 0.6 is 23.1 Å². The summed E-state index contributed by atoms with van der Waals surface area (Å²) in [5, 5.41) is 21.5. The first-order chi connectivity index (χ1) is 14.9. The minimum absolute atomic E-state index is 0.104. The maximum atomic E-state index is 12.1. The van der Waals surface area contributed by atoms with Gasteiger partial charge in [0.25, 0.3) is 5.69 Å². The topological polar surface area (TPSA) is 159 Å². The smallest absolute Gasteiger partial charge is 0.419 e. The number of aryl methyl sites for hydroxylation is 1. The standard InChI is InChI=1S/C17H17N5O7S2/c1-2-28-14(24)9-30-16-20-19-15(31-16)18-13(23)4-3-7-21-11-6-5-10(22(26)27)8-12(11)29-17(21)25/h5-6,8H,2-4,7,9H2,1H3,(H,18,19,23). The summed E-state index contributed by atoms with van der Waals surface area (Å²) in [4.78, 5) is 45.8. The number of thioether (sulfide) groups is 1. The van der Waals surface area contributed by atoms with Gasteiger partial charge >= 0.3 is 11.7 Å². The highest BCUT2D eigenvalue weighted by Gasteiger charge is 2.15. The number of hydrogen-bond acceptors (Lipinski definition) is 11. The van der Waals surface area contributed by atoms with Crippen LogP contribution in [0.25, 0.3) is 11.1 Å². The second kappa shape index (κ2) is 10.2. The molecule has 0 unspecified atom stereocenters. The van der Waals surface area contributed by atoms with Crippen LogP contribution in [0.15, 0.2) is 31.8 Å². The molecule has 0 aliphatic rings. The molecule has 3 rings (SSSR count). The molecule has 0 saturated heterocycles. The van der Waals surface area contributed by atoms with Crippen LogP contribution in [0.3, 0.4) is 0 Å². The van der Waals surface area contributed by atoms with Crippen LogP contribution in [0, 0.1) is 10.1 Å². The number of nitro groups is 1. The molecule has 3 aromatic rings. The molecule has 0 aliphatic heterocycles. The average molecular weight is 467 g/mol. The zero-order valence-electron chi connectivity index (χ0n) is 16.2. The summed E-state index contributed by atoms with van der Waals surface area (Å²) in [5.41, 5.74) is 0.360. The van der Waals surface area contributed by atoms with Gasteiger partial charge in [0.2, 0.25) is 11.0 Å². The Kier molecular flexibility index (Phi) is 7.36. The first-order valence-corrected chi connectivity index (χ1v) is 10.9. The quantitative estimate of drug-likeness (QED) is 0.154. The Morgan fingerprint density at radius 3 is 2.94 bits per heavy atom. The van der Waals surface area contributed by atoms with Crippen LogP contribution in [-0.4, -0.2) is 43.9 Å². The molecule has 1 aromatic carbocycles. The van der Waals surface area contributed by atoms with E-state index in [-0.39, 0.29) is 41.9 Å². The van der Waals surface area contributed by atoms with Crippen molar-refractivity contribution in [2.75, 3.05) is 17.7 Å². The number of ether oxygens (including phenoxy) is 1. The van der Waals surface area contributed by atoms with Gasteiger partial charge in [0.05, 0.1) is 28.9 Å². The lowest BCUT2D eigenvalue weighted by Gasteiger charge is -2.03. The van der Waals surface area contributed by atoms with Gasteiger partial charge in [-0.25, -0.2) is 4.79 Å². The Labute approximate surface area is 182 Å². The van der Waals surface area contributed by atoms with Gasteiger partial charge in [0, 0.05) is 19.0 Å². The molecule has 2 aromatic heterocycles. The lowest BCUT2D eigenvalue weighted by atomic mass is 10.2. The lowest BCUT2D eigenvalue weighted by Crippen LogP contribution is -2.17. The fourth-order valence-corrected chi connectivity index (χ4v) is 4.17. The molecule has 0 bridgehead atoms.